The van der Waals surface area contributed by atoms with Gasteiger partial charge in [-0.05, 0) is 41.8 Å². The number of aromatic nitrogens is 4. The highest BCUT2D eigenvalue weighted by Gasteiger charge is 2.40. The van der Waals surface area contributed by atoms with Crippen LogP contribution in [-0.4, -0.2) is 54.9 Å². The van der Waals surface area contributed by atoms with Gasteiger partial charge < -0.3 is 14.9 Å². The van der Waals surface area contributed by atoms with Crippen LogP contribution < -0.4 is 4.90 Å². The molecule has 2 aromatic rings. The minimum atomic E-state index is -4.98. The van der Waals surface area contributed by atoms with E-state index in [1.807, 2.05) is 0 Å². The number of hydrogen-bond donors (Lipinski definition) is 1. The van der Waals surface area contributed by atoms with Crippen LogP contribution >= 0.6 is 0 Å². The Balaban J connectivity index is 2.02. The third kappa shape index (κ3) is 5.05. The molecule has 14 heteroatoms. The van der Waals surface area contributed by atoms with E-state index in [4.69, 9.17) is 0 Å². The molecule has 1 saturated heterocycles. The van der Waals surface area contributed by atoms with Crippen LogP contribution in [0.2, 0.25) is 0 Å². The van der Waals surface area contributed by atoms with Gasteiger partial charge in [-0.15, -0.1) is 5.10 Å². The van der Waals surface area contributed by atoms with Crippen LogP contribution in [0.4, 0.5) is 37.1 Å². The standard InChI is InChI=1S/C18H20F6N6O2/c1-3-13-7-14(9-30(13)16(31)32)29(15-25-27-28(2)26-15)8-10-4-11(17(19,20)21)6-12(5-10)18(22,23)24/h4-6,13-14H,3,7-9H2,1-2H3,(H,31,32)/t13-,14+/m1/s1. The number of carboxylic acid groups (broad SMARTS) is 1. The van der Waals surface area contributed by atoms with Crippen LogP contribution in [0, 0.1) is 0 Å². The van der Waals surface area contributed by atoms with Gasteiger partial charge >= 0.3 is 18.4 Å². The van der Waals surface area contributed by atoms with Gasteiger partial charge in [0.25, 0.3) is 5.95 Å². The Bertz CT molecular complexity index is 943. The summed E-state index contributed by atoms with van der Waals surface area (Å²) in [6.07, 6.45) is -10.3. The van der Waals surface area contributed by atoms with Gasteiger partial charge in [0, 0.05) is 19.1 Å². The van der Waals surface area contributed by atoms with E-state index in [0.717, 1.165) is 4.80 Å². The Morgan fingerprint density at radius 3 is 2.16 bits per heavy atom. The van der Waals surface area contributed by atoms with Crippen molar-refractivity contribution in [2.75, 3.05) is 11.4 Å². The highest BCUT2D eigenvalue weighted by molar-refractivity contribution is 5.66. The number of halogens is 6. The molecule has 0 aliphatic carbocycles. The average Bonchev–Trinajstić information content (AvgIpc) is 3.31. The average molecular weight is 466 g/mol. The fraction of sp³-hybridized carbons (Fsp3) is 0.556. The van der Waals surface area contributed by atoms with Crippen LogP contribution in [-0.2, 0) is 25.9 Å². The molecule has 32 heavy (non-hydrogen) atoms. The number of aryl methyl sites for hydroxylation is 1. The molecule has 1 amide bonds. The van der Waals surface area contributed by atoms with Crippen molar-refractivity contribution in [1.29, 1.82) is 0 Å². The number of likely N-dealkylation sites (tertiary alicyclic amines) is 1. The number of amides is 1. The van der Waals surface area contributed by atoms with E-state index in [1.54, 1.807) is 6.92 Å². The molecule has 1 aliphatic heterocycles. The molecular formula is C18H20F6N6O2. The Labute approximate surface area is 178 Å². The van der Waals surface area contributed by atoms with Crippen molar-refractivity contribution in [3.05, 3.63) is 34.9 Å². The molecule has 1 N–H and O–H groups in total. The molecular weight excluding hydrogens is 446 g/mol. The van der Waals surface area contributed by atoms with Crippen LogP contribution in [0.3, 0.4) is 0 Å². The van der Waals surface area contributed by atoms with Crippen molar-refractivity contribution in [3.63, 3.8) is 0 Å². The number of nitrogens with zero attached hydrogens (tertiary/aromatic N) is 6. The third-order valence-electron chi connectivity index (χ3n) is 5.31. The molecule has 176 valence electrons. The first kappa shape index (κ1) is 23.6. The summed E-state index contributed by atoms with van der Waals surface area (Å²) in [6.45, 7) is 1.39. The number of carbonyl (C=O) groups is 1. The Morgan fingerprint density at radius 2 is 1.75 bits per heavy atom. The molecule has 1 aliphatic rings. The molecule has 0 saturated carbocycles. The second kappa shape index (κ2) is 8.47. The van der Waals surface area contributed by atoms with Gasteiger partial charge in [-0.3, -0.25) is 0 Å². The van der Waals surface area contributed by atoms with Crippen molar-refractivity contribution in [2.24, 2.45) is 7.05 Å². The number of alkyl halides is 6. The van der Waals surface area contributed by atoms with Crippen LogP contribution in [0.1, 0.15) is 36.5 Å². The molecule has 1 aromatic heterocycles. The van der Waals surface area contributed by atoms with Gasteiger partial charge in [-0.25, -0.2) is 4.79 Å². The molecule has 8 nitrogen and oxygen atoms in total. The lowest BCUT2D eigenvalue weighted by atomic mass is 10.0. The van der Waals surface area contributed by atoms with E-state index in [2.05, 4.69) is 15.4 Å². The zero-order valence-electron chi connectivity index (χ0n) is 17.0. The molecule has 2 heterocycles. The lowest BCUT2D eigenvalue weighted by molar-refractivity contribution is -0.143. The highest BCUT2D eigenvalue weighted by Crippen LogP contribution is 2.37. The summed E-state index contributed by atoms with van der Waals surface area (Å²) in [5, 5.41) is 21.0. The minimum absolute atomic E-state index is 0.00279. The summed E-state index contributed by atoms with van der Waals surface area (Å²) in [6, 6.07) is 0.413. The molecule has 3 rings (SSSR count). The summed E-state index contributed by atoms with van der Waals surface area (Å²) < 4.78 is 79.5. The zero-order chi connectivity index (χ0) is 23.8. The van der Waals surface area contributed by atoms with E-state index in [9.17, 15) is 36.2 Å². The molecule has 1 fully saturated rings. The zero-order valence-corrected chi connectivity index (χ0v) is 17.0. The van der Waals surface area contributed by atoms with E-state index in [0.29, 0.717) is 25.0 Å². The van der Waals surface area contributed by atoms with Crippen molar-refractivity contribution in [3.8, 4) is 0 Å². The van der Waals surface area contributed by atoms with Crippen LogP contribution in [0.25, 0.3) is 0 Å². The van der Waals surface area contributed by atoms with Crippen molar-refractivity contribution in [1.82, 2.24) is 25.1 Å². The molecule has 0 unspecified atom stereocenters. The van der Waals surface area contributed by atoms with E-state index in [-0.39, 0.29) is 30.2 Å². The van der Waals surface area contributed by atoms with E-state index < -0.39 is 42.2 Å². The minimum Gasteiger partial charge on any atom is -0.465 e. The lowest BCUT2D eigenvalue weighted by Gasteiger charge is -2.28. The Kier molecular flexibility index (Phi) is 6.24. The summed E-state index contributed by atoms with van der Waals surface area (Å²) >= 11 is 0. The fourth-order valence-corrected chi connectivity index (χ4v) is 3.80. The molecule has 0 radical (unpaired) electrons. The summed E-state index contributed by atoms with van der Waals surface area (Å²) in [5.74, 6) is -0.0226. The van der Waals surface area contributed by atoms with Crippen molar-refractivity contribution < 1.29 is 36.2 Å². The maximum atomic E-state index is 13.2. The van der Waals surface area contributed by atoms with Gasteiger partial charge in [0.15, 0.2) is 0 Å². The van der Waals surface area contributed by atoms with Gasteiger partial charge in [0.2, 0.25) is 0 Å². The number of hydrogen-bond acceptors (Lipinski definition) is 5. The molecule has 1 aromatic carbocycles. The maximum Gasteiger partial charge on any atom is 0.416 e. The van der Waals surface area contributed by atoms with E-state index in [1.165, 1.54) is 16.8 Å². The lowest BCUT2D eigenvalue weighted by Crippen LogP contribution is -2.39. The van der Waals surface area contributed by atoms with Gasteiger partial charge in [0.1, 0.15) is 0 Å². The smallest absolute Gasteiger partial charge is 0.416 e. The number of tetrazole rings is 1. The first-order valence-corrected chi connectivity index (χ1v) is 9.58. The topological polar surface area (TPSA) is 87.4 Å². The second-order valence-electron chi connectivity index (χ2n) is 7.51. The first-order chi connectivity index (χ1) is 14.8. The normalized spacial score (nSPS) is 19.4. The van der Waals surface area contributed by atoms with Gasteiger partial charge in [-0.1, -0.05) is 12.0 Å². The number of rotatable bonds is 5. The maximum absolute atomic E-state index is 13.2. The predicted molar refractivity (Wildman–Crippen MR) is 98.6 cm³/mol. The molecule has 0 spiro atoms. The SMILES string of the molecule is CC[C@@H]1C[C@H](N(Cc2cc(C(F)(F)F)cc(C(F)(F)F)c2)c2nnn(C)n2)CN1C(=O)O. The van der Waals surface area contributed by atoms with Gasteiger partial charge in [-0.2, -0.15) is 31.1 Å². The third-order valence-corrected chi connectivity index (χ3v) is 5.31. The fourth-order valence-electron chi connectivity index (χ4n) is 3.80. The Hall–Kier alpha value is -3.06. The second-order valence-corrected chi connectivity index (χ2v) is 7.51. The van der Waals surface area contributed by atoms with Gasteiger partial charge in [0.05, 0.1) is 24.2 Å². The quantitative estimate of drug-likeness (QED) is 0.675. The first-order valence-electron chi connectivity index (χ1n) is 9.58. The summed E-state index contributed by atoms with van der Waals surface area (Å²) in [7, 11) is 1.45. The van der Waals surface area contributed by atoms with Crippen molar-refractivity contribution in [2.45, 2.75) is 50.7 Å². The number of benzene rings is 1. The molecule has 0 bridgehead atoms. The summed E-state index contributed by atoms with van der Waals surface area (Å²) in [5.41, 5.74) is -3.12. The van der Waals surface area contributed by atoms with Crippen LogP contribution in [0.15, 0.2) is 18.2 Å². The highest BCUT2D eigenvalue weighted by atomic mass is 19.4. The predicted octanol–water partition coefficient (Wildman–Crippen LogP) is 3.79. The monoisotopic (exact) mass is 466 g/mol. The number of anilines is 1. The van der Waals surface area contributed by atoms with E-state index >= 15 is 0 Å². The Morgan fingerprint density at radius 1 is 1.16 bits per heavy atom. The summed E-state index contributed by atoms with van der Waals surface area (Å²) in [4.78, 5) is 15.2. The molecule has 2 atom stereocenters. The van der Waals surface area contributed by atoms with Crippen LogP contribution in [0.5, 0.6) is 0 Å². The largest absolute Gasteiger partial charge is 0.465 e. The van der Waals surface area contributed by atoms with Crippen molar-refractivity contribution >= 4 is 12.0 Å².